The molecule has 92 valence electrons. The number of aliphatic hydroxyl groups excluding tert-OH is 1. The van der Waals surface area contributed by atoms with Crippen molar-refractivity contribution in [1.29, 1.82) is 0 Å². The third kappa shape index (κ3) is 4.58. The first-order valence-electron chi connectivity index (χ1n) is 4.99. The molecule has 1 aromatic rings. The summed E-state index contributed by atoms with van der Waals surface area (Å²) in [5.74, 6) is 0. The van der Waals surface area contributed by atoms with Crippen molar-refractivity contribution in [3.63, 3.8) is 0 Å². The number of thiophene rings is 1. The molecule has 1 aromatic heterocycles. The Balaban J connectivity index is 2.39. The van der Waals surface area contributed by atoms with Crippen LogP contribution >= 0.6 is 11.3 Å². The Morgan fingerprint density at radius 3 is 2.81 bits per heavy atom. The largest absolute Gasteiger partial charge is 0.387 e. The Morgan fingerprint density at radius 1 is 1.50 bits per heavy atom. The first-order chi connectivity index (χ1) is 7.55. The molecule has 0 spiro atoms. The summed E-state index contributed by atoms with van der Waals surface area (Å²) in [6.07, 6.45) is -0.0713. The molecule has 5 nitrogen and oxygen atoms in total. The van der Waals surface area contributed by atoms with Crippen LogP contribution in [0.1, 0.15) is 25.0 Å². The lowest BCUT2D eigenvalue weighted by molar-refractivity contribution is 0.182. The van der Waals surface area contributed by atoms with Crippen molar-refractivity contribution in [2.45, 2.75) is 19.4 Å². The fourth-order valence-electron chi connectivity index (χ4n) is 1.06. The highest BCUT2D eigenvalue weighted by Gasteiger charge is 2.13. The standard InChI is InChI=1S/C9H16N2O3S2/c1-2-4-10-16(13,14)11-6-9(12)8-3-5-15-7-8/h3,5,7,9-12H,2,4,6H2,1H3. The van der Waals surface area contributed by atoms with Crippen LogP contribution in [0, 0.1) is 0 Å². The Morgan fingerprint density at radius 2 is 2.25 bits per heavy atom. The average Bonchev–Trinajstić information content (AvgIpc) is 2.77. The van der Waals surface area contributed by atoms with E-state index in [2.05, 4.69) is 9.44 Å². The summed E-state index contributed by atoms with van der Waals surface area (Å²) in [5.41, 5.74) is 0.725. The van der Waals surface area contributed by atoms with Crippen LogP contribution in [0.15, 0.2) is 16.8 Å². The molecule has 1 heterocycles. The first kappa shape index (κ1) is 13.6. The van der Waals surface area contributed by atoms with Crippen LogP contribution in [0.25, 0.3) is 0 Å². The van der Waals surface area contributed by atoms with Gasteiger partial charge in [0.05, 0.1) is 6.10 Å². The molecule has 7 heteroatoms. The highest BCUT2D eigenvalue weighted by Crippen LogP contribution is 2.15. The lowest BCUT2D eigenvalue weighted by Crippen LogP contribution is -2.38. The third-order valence-electron chi connectivity index (χ3n) is 1.94. The SMILES string of the molecule is CCCNS(=O)(=O)NCC(O)c1ccsc1. The lowest BCUT2D eigenvalue weighted by atomic mass is 10.2. The van der Waals surface area contributed by atoms with Crippen molar-refractivity contribution in [3.05, 3.63) is 22.4 Å². The molecule has 16 heavy (non-hydrogen) atoms. The second-order valence-corrected chi connectivity index (χ2v) is 5.68. The number of rotatable bonds is 7. The Bertz CT molecular complexity index is 389. The zero-order valence-corrected chi connectivity index (χ0v) is 10.6. The molecule has 0 saturated heterocycles. The quantitative estimate of drug-likeness (QED) is 0.675. The van der Waals surface area contributed by atoms with Crippen molar-refractivity contribution >= 4 is 21.5 Å². The van der Waals surface area contributed by atoms with Gasteiger partial charge in [-0.25, -0.2) is 4.72 Å². The summed E-state index contributed by atoms with van der Waals surface area (Å²) >= 11 is 1.46. The minimum atomic E-state index is -3.49. The maximum Gasteiger partial charge on any atom is 0.277 e. The van der Waals surface area contributed by atoms with Gasteiger partial charge in [-0.15, -0.1) is 0 Å². The van der Waals surface area contributed by atoms with Crippen molar-refractivity contribution in [1.82, 2.24) is 9.44 Å². The van der Waals surface area contributed by atoms with Gasteiger partial charge in [-0.2, -0.15) is 24.5 Å². The van der Waals surface area contributed by atoms with E-state index in [0.717, 1.165) is 12.0 Å². The van der Waals surface area contributed by atoms with Gasteiger partial charge in [0.25, 0.3) is 10.2 Å². The zero-order chi connectivity index (χ0) is 12.0. The smallest absolute Gasteiger partial charge is 0.277 e. The molecule has 0 aromatic carbocycles. The van der Waals surface area contributed by atoms with Gasteiger partial charge in [0, 0.05) is 13.1 Å². The van der Waals surface area contributed by atoms with E-state index in [-0.39, 0.29) is 6.54 Å². The molecule has 1 unspecified atom stereocenters. The molecule has 0 aliphatic carbocycles. The van der Waals surface area contributed by atoms with Gasteiger partial charge >= 0.3 is 0 Å². The van der Waals surface area contributed by atoms with Gasteiger partial charge in [-0.3, -0.25) is 0 Å². The molecule has 0 fully saturated rings. The van der Waals surface area contributed by atoms with Gasteiger partial charge in [0.15, 0.2) is 0 Å². The monoisotopic (exact) mass is 264 g/mol. The minimum Gasteiger partial charge on any atom is -0.387 e. The molecule has 0 aliphatic rings. The molecule has 0 aliphatic heterocycles. The molecule has 0 amide bonds. The topological polar surface area (TPSA) is 78.4 Å². The zero-order valence-electron chi connectivity index (χ0n) is 9.01. The average molecular weight is 264 g/mol. The summed E-state index contributed by atoms with van der Waals surface area (Å²) in [6, 6.07) is 1.77. The Kier molecular flexibility index (Phi) is 5.36. The van der Waals surface area contributed by atoms with Crippen molar-refractivity contribution < 1.29 is 13.5 Å². The van der Waals surface area contributed by atoms with Gasteiger partial charge in [0.1, 0.15) is 0 Å². The predicted molar refractivity (Wildman–Crippen MR) is 64.5 cm³/mol. The van der Waals surface area contributed by atoms with Crippen LogP contribution in [0.3, 0.4) is 0 Å². The number of aliphatic hydroxyl groups is 1. The van der Waals surface area contributed by atoms with Crippen molar-refractivity contribution in [2.24, 2.45) is 0 Å². The van der Waals surface area contributed by atoms with E-state index < -0.39 is 16.3 Å². The Hall–Kier alpha value is -0.470. The van der Waals surface area contributed by atoms with E-state index in [9.17, 15) is 13.5 Å². The van der Waals surface area contributed by atoms with Crippen LogP contribution in [-0.4, -0.2) is 26.6 Å². The second kappa shape index (κ2) is 6.31. The minimum absolute atomic E-state index is 0.0181. The van der Waals surface area contributed by atoms with Crippen LogP contribution in [0.4, 0.5) is 0 Å². The van der Waals surface area contributed by atoms with Crippen LogP contribution in [0.5, 0.6) is 0 Å². The molecular weight excluding hydrogens is 248 g/mol. The number of hydrogen-bond acceptors (Lipinski definition) is 4. The second-order valence-electron chi connectivity index (χ2n) is 3.32. The molecule has 0 saturated carbocycles. The van der Waals surface area contributed by atoms with E-state index in [4.69, 9.17) is 0 Å². The van der Waals surface area contributed by atoms with E-state index in [1.165, 1.54) is 11.3 Å². The van der Waals surface area contributed by atoms with E-state index in [1.807, 2.05) is 12.3 Å². The van der Waals surface area contributed by atoms with E-state index in [0.29, 0.717) is 6.54 Å². The number of nitrogens with one attached hydrogen (secondary N) is 2. The fourth-order valence-corrected chi connectivity index (χ4v) is 2.72. The van der Waals surface area contributed by atoms with Crippen molar-refractivity contribution in [2.75, 3.05) is 13.1 Å². The summed E-state index contributed by atoms with van der Waals surface area (Å²) < 4.78 is 27.3. The molecule has 1 rings (SSSR count). The normalized spacial score (nSPS) is 13.9. The third-order valence-corrected chi connectivity index (χ3v) is 3.77. The maximum atomic E-state index is 11.3. The van der Waals surface area contributed by atoms with Crippen LogP contribution in [-0.2, 0) is 10.2 Å². The van der Waals surface area contributed by atoms with Gasteiger partial charge in [0.2, 0.25) is 0 Å². The molecular formula is C9H16N2O3S2. The Labute approximate surface area is 99.7 Å². The summed E-state index contributed by atoms with van der Waals surface area (Å²) in [5, 5.41) is 13.3. The highest BCUT2D eigenvalue weighted by atomic mass is 32.2. The summed E-state index contributed by atoms with van der Waals surface area (Å²) in [7, 11) is -3.49. The first-order valence-corrected chi connectivity index (χ1v) is 7.42. The maximum absolute atomic E-state index is 11.3. The molecule has 1 atom stereocenters. The molecule has 0 bridgehead atoms. The van der Waals surface area contributed by atoms with Gasteiger partial charge in [-0.1, -0.05) is 6.92 Å². The number of hydrogen-bond donors (Lipinski definition) is 3. The predicted octanol–water partition coefficient (Wildman–Crippen LogP) is 0.616. The van der Waals surface area contributed by atoms with E-state index >= 15 is 0 Å². The fraction of sp³-hybridized carbons (Fsp3) is 0.556. The van der Waals surface area contributed by atoms with Crippen molar-refractivity contribution in [3.8, 4) is 0 Å². The summed E-state index contributed by atoms with van der Waals surface area (Å²) in [4.78, 5) is 0. The van der Waals surface area contributed by atoms with Gasteiger partial charge in [-0.05, 0) is 28.8 Å². The summed E-state index contributed by atoms with van der Waals surface area (Å²) in [6.45, 7) is 2.25. The lowest BCUT2D eigenvalue weighted by Gasteiger charge is -2.11. The molecule has 0 radical (unpaired) electrons. The van der Waals surface area contributed by atoms with Gasteiger partial charge < -0.3 is 5.11 Å². The highest BCUT2D eigenvalue weighted by molar-refractivity contribution is 7.87. The van der Waals surface area contributed by atoms with Crippen LogP contribution < -0.4 is 9.44 Å². The van der Waals surface area contributed by atoms with E-state index in [1.54, 1.807) is 11.4 Å². The molecule has 3 N–H and O–H groups in total. The van der Waals surface area contributed by atoms with Crippen LogP contribution in [0.2, 0.25) is 0 Å².